The van der Waals surface area contributed by atoms with Crippen LogP contribution in [-0.2, 0) is 25.7 Å². The normalized spacial score (nSPS) is 26.2. The quantitative estimate of drug-likeness (QED) is 0.603. The number of esters is 1. The van der Waals surface area contributed by atoms with Crippen molar-refractivity contribution in [3.05, 3.63) is 59.7 Å². The molecule has 6 nitrogen and oxygen atoms in total. The van der Waals surface area contributed by atoms with E-state index in [4.69, 9.17) is 14.2 Å². The summed E-state index contributed by atoms with van der Waals surface area (Å²) in [5.41, 5.74) is 1.65. The number of para-hydroxylation sites is 2. The Balaban J connectivity index is 1.85. The molecule has 2 aliphatic heterocycles. The number of nitrogens with zero attached hydrogens (tertiary/aromatic N) is 1. The fourth-order valence-corrected chi connectivity index (χ4v) is 4.40. The number of rotatable bonds is 3. The number of piperidine rings is 1. The van der Waals surface area contributed by atoms with Crippen LogP contribution in [0.15, 0.2) is 48.5 Å². The van der Waals surface area contributed by atoms with Gasteiger partial charge in [0, 0.05) is 17.9 Å². The Kier molecular flexibility index (Phi) is 4.59. The molecule has 0 aromatic heterocycles. The predicted octanol–water partition coefficient (Wildman–Crippen LogP) is 3.25. The third-order valence-electron chi connectivity index (χ3n) is 5.73. The third-order valence-corrected chi connectivity index (χ3v) is 5.73. The number of methoxy groups -OCH3 is 2. The number of benzene rings is 2. The second-order valence-corrected chi connectivity index (χ2v) is 7.32. The minimum atomic E-state index is -0.968. The second-order valence-electron chi connectivity index (χ2n) is 7.32. The molecule has 0 N–H and O–H groups in total. The molecule has 0 saturated carbocycles. The molecule has 146 valence electrons. The number of carbonyl (C=O) groups excluding carboxylic acids is 2. The van der Waals surface area contributed by atoms with Crippen LogP contribution in [0.1, 0.15) is 30.4 Å². The molecule has 3 atom stereocenters. The molecule has 28 heavy (non-hydrogen) atoms. The van der Waals surface area contributed by atoms with Gasteiger partial charge < -0.3 is 14.2 Å². The first-order valence-corrected chi connectivity index (χ1v) is 9.27. The first kappa shape index (κ1) is 18.5. The van der Waals surface area contributed by atoms with Gasteiger partial charge >= 0.3 is 5.97 Å². The van der Waals surface area contributed by atoms with Crippen LogP contribution in [0.4, 0.5) is 5.69 Å². The summed E-state index contributed by atoms with van der Waals surface area (Å²) in [6.45, 7) is 2.31. The summed E-state index contributed by atoms with van der Waals surface area (Å²) >= 11 is 0. The van der Waals surface area contributed by atoms with Crippen molar-refractivity contribution in [1.29, 1.82) is 0 Å². The highest BCUT2D eigenvalue weighted by Crippen LogP contribution is 2.49. The van der Waals surface area contributed by atoms with Crippen LogP contribution in [-0.4, -0.2) is 31.8 Å². The molecule has 0 bridgehead atoms. The van der Waals surface area contributed by atoms with E-state index in [0.29, 0.717) is 18.8 Å². The van der Waals surface area contributed by atoms with Gasteiger partial charge in [-0.3, -0.25) is 14.5 Å². The van der Waals surface area contributed by atoms with Crippen LogP contribution in [0.3, 0.4) is 0 Å². The molecule has 1 amide bonds. The summed E-state index contributed by atoms with van der Waals surface area (Å²) in [5.74, 6) is -1.61. The molecule has 0 aliphatic carbocycles. The van der Waals surface area contributed by atoms with Crippen molar-refractivity contribution in [2.75, 3.05) is 19.1 Å². The van der Waals surface area contributed by atoms with Gasteiger partial charge in [0.25, 0.3) is 0 Å². The lowest BCUT2D eigenvalue weighted by atomic mass is 9.74. The van der Waals surface area contributed by atoms with E-state index < -0.39 is 23.5 Å². The molecular formula is C22H23NO5. The highest BCUT2D eigenvalue weighted by Gasteiger charge is 2.55. The fraction of sp³-hybridized carbons (Fsp3) is 0.364. The van der Waals surface area contributed by atoms with Crippen molar-refractivity contribution in [1.82, 2.24) is 0 Å². The summed E-state index contributed by atoms with van der Waals surface area (Å²) in [6, 6.07) is 15.1. The van der Waals surface area contributed by atoms with Gasteiger partial charge in [0.05, 0.1) is 26.5 Å². The average Bonchev–Trinajstić information content (AvgIpc) is 2.72. The Morgan fingerprint density at radius 3 is 2.61 bits per heavy atom. The van der Waals surface area contributed by atoms with Crippen molar-refractivity contribution in [3.63, 3.8) is 0 Å². The third kappa shape index (κ3) is 2.76. The number of anilines is 1. The highest BCUT2D eigenvalue weighted by molar-refractivity contribution is 6.09. The van der Waals surface area contributed by atoms with Crippen molar-refractivity contribution in [2.24, 2.45) is 5.92 Å². The van der Waals surface area contributed by atoms with Crippen LogP contribution in [0, 0.1) is 5.92 Å². The zero-order valence-corrected chi connectivity index (χ0v) is 16.2. The van der Waals surface area contributed by atoms with E-state index in [-0.39, 0.29) is 5.91 Å². The van der Waals surface area contributed by atoms with Gasteiger partial charge in [0.2, 0.25) is 5.91 Å². The van der Waals surface area contributed by atoms with Gasteiger partial charge in [-0.05, 0) is 24.6 Å². The zero-order valence-electron chi connectivity index (χ0n) is 16.2. The maximum Gasteiger partial charge on any atom is 0.318 e. The fourth-order valence-electron chi connectivity index (χ4n) is 4.40. The van der Waals surface area contributed by atoms with E-state index >= 15 is 0 Å². The summed E-state index contributed by atoms with van der Waals surface area (Å²) in [6.07, 6.45) is 0.452. The summed E-state index contributed by atoms with van der Waals surface area (Å²) in [4.78, 5) is 27.9. The number of amides is 1. The molecule has 0 radical (unpaired) electrons. The van der Waals surface area contributed by atoms with Gasteiger partial charge in [0.15, 0.2) is 0 Å². The lowest BCUT2D eigenvalue weighted by molar-refractivity contribution is -0.159. The minimum absolute atomic E-state index is 0.316. The molecule has 2 aromatic rings. The monoisotopic (exact) mass is 381 g/mol. The Hall–Kier alpha value is -2.86. The van der Waals surface area contributed by atoms with Crippen LogP contribution in [0.25, 0.3) is 0 Å². The molecule has 2 aliphatic rings. The largest absolute Gasteiger partial charge is 0.496 e. The van der Waals surface area contributed by atoms with Crippen molar-refractivity contribution in [3.8, 4) is 5.75 Å². The molecule has 6 heteroatoms. The number of fused-ring (bicyclic) bond motifs is 3. The van der Waals surface area contributed by atoms with Gasteiger partial charge in [-0.1, -0.05) is 36.4 Å². The van der Waals surface area contributed by atoms with Gasteiger partial charge in [0.1, 0.15) is 17.4 Å². The molecule has 1 fully saturated rings. The van der Waals surface area contributed by atoms with Crippen LogP contribution < -0.4 is 9.64 Å². The number of hydrogen-bond acceptors (Lipinski definition) is 5. The maximum absolute atomic E-state index is 13.6. The minimum Gasteiger partial charge on any atom is -0.496 e. The summed E-state index contributed by atoms with van der Waals surface area (Å²) in [5, 5.41) is 0. The Labute approximate surface area is 164 Å². The van der Waals surface area contributed by atoms with E-state index in [0.717, 1.165) is 16.8 Å². The predicted molar refractivity (Wildman–Crippen MR) is 103 cm³/mol. The average molecular weight is 381 g/mol. The zero-order chi connectivity index (χ0) is 19.9. The Bertz CT molecular complexity index is 927. The van der Waals surface area contributed by atoms with Crippen LogP contribution in [0.5, 0.6) is 5.75 Å². The standard InChI is InChI=1S/C22H23NO5/c1-22-12-16(15-9-5-7-11-18(15)26-2)19(21(25)27-3)20(24)23(22)17-10-6-4-8-14(17)13-28-22/h4-11,16,19H,12-13H2,1-3H3/t16-,19-,22-/m1/s1. The lowest BCUT2D eigenvalue weighted by Crippen LogP contribution is -2.62. The Morgan fingerprint density at radius 2 is 1.86 bits per heavy atom. The molecular weight excluding hydrogens is 358 g/mol. The summed E-state index contributed by atoms with van der Waals surface area (Å²) < 4.78 is 16.7. The first-order chi connectivity index (χ1) is 13.5. The molecule has 2 heterocycles. The van der Waals surface area contributed by atoms with Gasteiger partial charge in [-0.25, -0.2) is 0 Å². The topological polar surface area (TPSA) is 65.1 Å². The van der Waals surface area contributed by atoms with Crippen LogP contribution in [0.2, 0.25) is 0 Å². The van der Waals surface area contributed by atoms with Crippen LogP contribution >= 0.6 is 0 Å². The van der Waals surface area contributed by atoms with E-state index in [2.05, 4.69) is 0 Å². The SMILES string of the molecule is COC(=O)[C@H]1C(=O)N2c3ccccc3CO[C@]2(C)C[C@@H]1c1ccccc1OC. The number of ether oxygens (including phenoxy) is 3. The van der Waals surface area contributed by atoms with Crippen molar-refractivity contribution < 1.29 is 23.8 Å². The highest BCUT2D eigenvalue weighted by atomic mass is 16.5. The van der Waals surface area contributed by atoms with E-state index in [1.807, 2.05) is 55.5 Å². The van der Waals surface area contributed by atoms with Gasteiger partial charge in [-0.2, -0.15) is 0 Å². The number of hydrogen-bond donors (Lipinski definition) is 0. The van der Waals surface area contributed by atoms with Gasteiger partial charge in [-0.15, -0.1) is 0 Å². The maximum atomic E-state index is 13.6. The molecule has 4 rings (SSSR count). The van der Waals surface area contributed by atoms with E-state index in [1.165, 1.54) is 7.11 Å². The molecule has 2 aromatic carbocycles. The van der Waals surface area contributed by atoms with Crippen molar-refractivity contribution in [2.45, 2.75) is 31.6 Å². The smallest absolute Gasteiger partial charge is 0.318 e. The molecule has 0 unspecified atom stereocenters. The molecule has 1 saturated heterocycles. The van der Waals surface area contributed by atoms with E-state index in [9.17, 15) is 9.59 Å². The molecule has 0 spiro atoms. The summed E-state index contributed by atoms with van der Waals surface area (Å²) in [7, 11) is 2.89. The van der Waals surface area contributed by atoms with Crippen molar-refractivity contribution >= 4 is 17.6 Å². The lowest BCUT2D eigenvalue weighted by Gasteiger charge is -2.52. The number of carbonyl (C=O) groups is 2. The van der Waals surface area contributed by atoms with E-state index in [1.54, 1.807) is 12.0 Å². The second kappa shape index (κ2) is 6.95. The Morgan fingerprint density at radius 1 is 1.14 bits per heavy atom. The first-order valence-electron chi connectivity index (χ1n) is 9.27.